The molecule has 20 heavy (non-hydrogen) atoms. The Kier molecular flexibility index (Phi) is 5.70. The standard InChI is InChI=1S/C19H31N/c1-3-5-12-19(15-20)13-10-18(11-14-19)17-8-6-16(4-2)7-9-17/h3,16-18H,1,4-14H2,2H3. The molecule has 2 rings (SSSR count). The van der Waals surface area contributed by atoms with Crippen molar-refractivity contribution in [2.75, 3.05) is 0 Å². The van der Waals surface area contributed by atoms with Crippen LogP contribution in [0.2, 0.25) is 0 Å². The molecule has 2 aliphatic rings. The second-order valence-electron chi connectivity index (χ2n) is 7.25. The Morgan fingerprint density at radius 1 is 1.10 bits per heavy atom. The number of rotatable bonds is 5. The number of nitriles is 1. The molecule has 0 amide bonds. The van der Waals surface area contributed by atoms with Crippen LogP contribution in [-0.2, 0) is 0 Å². The van der Waals surface area contributed by atoms with Gasteiger partial charge in [-0.15, -0.1) is 6.58 Å². The Hall–Kier alpha value is -0.770. The van der Waals surface area contributed by atoms with Gasteiger partial charge in [0.15, 0.2) is 0 Å². The molecule has 2 aliphatic carbocycles. The first-order chi connectivity index (χ1) is 9.73. The van der Waals surface area contributed by atoms with Crippen LogP contribution >= 0.6 is 0 Å². The largest absolute Gasteiger partial charge is 0.198 e. The fourth-order valence-electron chi connectivity index (χ4n) is 4.53. The highest BCUT2D eigenvalue weighted by Crippen LogP contribution is 2.47. The lowest BCUT2D eigenvalue weighted by Gasteiger charge is -2.40. The van der Waals surface area contributed by atoms with E-state index in [0.29, 0.717) is 0 Å². The van der Waals surface area contributed by atoms with Gasteiger partial charge in [0, 0.05) is 0 Å². The summed E-state index contributed by atoms with van der Waals surface area (Å²) < 4.78 is 0. The van der Waals surface area contributed by atoms with E-state index in [0.717, 1.165) is 43.4 Å². The number of hydrogen-bond acceptors (Lipinski definition) is 1. The molecule has 1 nitrogen and oxygen atoms in total. The predicted molar refractivity (Wildman–Crippen MR) is 85.2 cm³/mol. The first-order valence-electron chi connectivity index (χ1n) is 8.75. The summed E-state index contributed by atoms with van der Waals surface area (Å²) in [6, 6.07) is 2.64. The molecule has 0 heterocycles. The molecular formula is C19H31N. The van der Waals surface area contributed by atoms with E-state index in [1.165, 1.54) is 44.9 Å². The van der Waals surface area contributed by atoms with Gasteiger partial charge >= 0.3 is 0 Å². The molecule has 112 valence electrons. The molecule has 0 unspecified atom stereocenters. The molecule has 0 N–H and O–H groups in total. The van der Waals surface area contributed by atoms with Crippen molar-refractivity contribution in [3.8, 4) is 6.07 Å². The third-order valence-corrected chi connectivity index (χ3v) is 6.19. The zero-order valence-corrected chi connectivity index (χ0v) is 13.2. The van der Waals surface area contributed by atoms with Gasteiger partial charge in [0.2, 0.25) is 0 Å². The van der Waals surface area contributed by atoms with E-state index in [1.54, 1.807) is 0 Å². The van der Waals surface area contributed by atoms with Crippen LogP contribution in [0.25, 0.3) is 0 Å². The first kappa shape index (κ1) is 15.6. The topological polar surface area (TPSA) is 23.8 Å². The van der Waals surface area contributed by atoms with Gasteiger partial charge in [-0.05, 0) is 69.1 Å². The third-order valence-electron chi connectivity index (χ3n) is 6.19. The van der Waals surface area contributed by atoms with Gasteiger partial charge in [0.05, 0.1) is 11.5 Å². The van der Waals surface area contributed by atoms with Gasteiger partial charge < -0.3 is 0 Å². The van der Waals surface area contributed by atoms with Crippen LogP contribution in [0.15, 0.2) is 12.7 Å². The van der Waals surface area contributed by atoms with Crippen molar-refractivity contribution >= 4 is 0 Å². The third kappa shape index (κ3) is 3.66. The summed E-state index contributed by atoms with van der Waals surface area (Å²) in [5.41, 5.74) is -0.0225. The van der Waals surface area contributed by atoms with E-state index in [-0.39, 0.29) is 5.41 Å². The zero-order chi connectivity index (χ0) is 14.4. The molecule has 0 aromatic rings. The summed E-state index contributed by atoms with van der Waals surface area (Å²) in [6.07, 6.45) is 16.1. The second-order valence-corrected chi connectivity index (χ2v) is 7.25. The lowest BCUT2D eigenvalue weighted by molar-refractivity contribution is 0.118. The lowest BCUT2D eigenvalue weighted by Crippen LogP contribution is -2.31. The van der Waals surface area contributed by atoms with Gasteiger partial charge in [-0.1, -0.05) is 32.3 Å². The average molecular weight is 273 g/mol. The summed E-state index contributed by atoms with van der Waals surface area (Å²) in [5.74, 6) is 2.88. The Balaban J connectivity index is 1.82. The normalized spacial score (nSPS) is 38.1. The van der Waals surface area contributed by atoms with Crippen molar-refractivity contribution in [2.45, 2.75) is 77.6 Å². The van der Waals surface area contributed by atoms with Gasteiger partial charge in [0.25, 0.3) is 0 Å². The summed E-state index contributed by atoms with van der Waals surface area (Å²) in [7, 11) is 0. The molecule has 0 atom stereocenters. The minimum atomic E-state index is -0.0225. The van der Waals surface area contributed by atoms with Gasteiger partial charge in [-0.25, -0.2) is 0 Å². The van der Waals surface area contributed by atoms with Crippen molar-refractivity contribution in [1.29, 1.82) is 5.26 Å². The Morgan fingerprint density at radius 2 is 1.70 bits per heavy atom. The highest BCUT2D eigenvalue weighted by molar-refractivity contribution is 5.03. The van der Waals surface area contributed by atoms with Crippen LogP contribution in [0.3, 0.4) is 0 Å². The summed E-state index contributed by atoms with van der Waals surface area (Å²) >= 11 is 0. The highest BCUT2D eigenvalue weighted by Gasteiger charge is 2.37. The van der Waals surface area contributed by atoms with E-state index in [2.05, 4.69) is 19.6 Å². The molecule has 0 bridgehead atoms. The first-order valence-corrected chi connectivity index (χ1v) is 8.75. The molecule has 1 heteroatoms. The highest BCUT2D eigenvalue weighted by atomic mass is 14.4. The van der Waals surface area contributed by atoms with Crippen LogP contribution in [0, 0.1) is 34.5 Å². The summed E-state index contributed by atoms with van der Waals surface area (Å²) in [4.78, 5) is 0. The van der Waals surface area contributed by atoms with Crippen molar-refractivity contribution in [3.05, 3.63) is 12.7 Å². The SMILES string of the molecule is C=CCCC1(C#N)CCC(C2CCC(CC)CC2)CC1. The molecule has 0 saturated heterocycles. The Bertz CT molecular complexity index is 335. The fraction of sp³-hybridized carbons (Fsp3) is 0.842. The molecule has 0 radical (unpaired) electrons. The van der Waals surface area contributed by atoms with Crippen molar-refractivity contribution in [1.82, 2.24) is 0 Å². The van der Waals surface area contributed by atoms with Gasteiger partial charge in [0.1, 0.15) is 0 Å². The van der Waals surface area contributed by atoms with E-state index in [4.69, 9.17) is 0 Å². The smallest absolute Gasteiger partial charge is 0.0689 e. The number of hydrogen-bond donors (Lipinski definition) is 0. The quantitative estimate of drug-likeness (QED) is 0.575. The van der Waals surface area contributed by atoms with Crippen LogP contribution in [0.1, 0.15) is 77.6 Å². The van der Waals surface area contributed by atoms with Crippen molar-refractivity contribution < 1.29 is 0 Å². The monoisotopic (exact) mass is 273 g/mol. The Morgan fingerprint density at radius 3 is 2.20 bits per heavy atom. The lowest BCUT2D eigenvalue weighted by atomic mass is 9.63. The molecule has 2 fully saturated rings. The van der Waals surface area contributed by atoms with E-state index < -0.39 is 0 Å². The number of allylic oxidation sites excluding steroid dienone is 1. The predicted octanol–water partition coefficient (Wildman–Crippen LogP) is 5.87. The summed E-state index contributed by atoms with van der Waals surface area (Å²) in [5, 5.41) is 9.55. The fourth-order valence-corrected chi connectivity index (χ4v) is 4.53. The maximum atomic E-state index is 9.55. The minimum Gasteiger partial charge on any atom is -0.198 e. The molecule has 0 spiro atoms. The second kappa shape index (κ2) is 7.30. The molecule has 2 saturated carbocycles. The van der Waals surface area contributed by atoms with Gasteiger partial charge in [-0.3, -0.25) is 0 Å². The van der Waals surface area contributed by atoms with Crippen LogP contribution in [0.5, 0.6) is 0 Å². The van der Waals surface area contributed by atoms with E-state index in [1.807, 2.05) is 6.08 Å². The maximum absolute atomic E-state index is 9.55. The maximum Gasteiger partial charge on any atom is 0.0689 e. The van der Waals surface area contributed by atoms with Crippen molar-refractivity contribution in [3.63, 3.8) is 0 Å². The van der Waals surface area contributed by atoms with E-state index >= 15 is 0 Å². The number of nitrogens with zero attached hydrogens (tertiary/aromatic N) is 1. The zero-order valence-electron chi connectivity index (χ0n) is 13.2. The minimum absolute atomic E-state index is 0.0225. The Labute approximate surface area is 125 Å². The van der Waals surface area contributed by atoms with Crippen LogP contribution < -0.4 is 0 Å². The van der Waals surface area contributed by atoms with Crippen molar-refractivity contribution in [2.24, 2.45) is 23.2 Å². The van der Waals surface area contributed by atoms with Crippen LogP contribution in [0.4, 0.5) is 0 Å². The molecule has 0 aromatic carbocycles. The van der Waals surface area contributed by atoms with Crippen LogP contribution in [-0.4, -0.2) is 0 Å². The van der Waals surface area contributed by atoms with Gasteiger partial charge in [-0.2, -0.15) is 5.26 Å². The summed E-state index contributed by atoms with van der Waals surface area (Å²) in [6.45, 7) is 6.14. The van der Waals surface area contributed by atoms with E-state index in [9.17, 15) is 5.26 Å². The molecule has 0 aliphatic heterocycles. The molecule has 0 aromatic heterocycles. The molecular weight excluding hydrogens is 242 g/mol. The average Bonchev–Trinajstić information content (AvgIpc) is 2.53.